The third-order valence-corrected chi connectivity index (χ3v) is 6.28. The Morgan fingerprint density at radius 2 is 1.53 bits per heavy atom. The number of morpholine rings is 1. The smallest absolute Gasteiger partial charge is 0.157 e. The van der Waals surface area contributed by atoms with Gasteiger partial charge in [-0.1, -0.05) is 52.5 Å². The molecule has 3 aromatic rings. The van der Waals surface area contributed by atoms with E-state index in [-0.39, 0.29) is 6.61 Å². The lowest BCUT2D eigenvalue weighted by atomic mass is 10.2. The van der Waals surface area contributed by atoms with Crippen LogP contribution in [0.15, 0.2) is 59.6 Å². The van der Waals surface area contributed by atoms with Crippen molar-refractivity contribution in [1.29, 1.82) is 0 Å². The van der Waals surface area contributed by atoms with Crippen LogP contribution in [-0.4, -0.2) is 32.5 Å². The van der Waals surface area contributed by atoms with Gasteiger partial charge in [-0.15, -0.1) is 0 Å². The molecule has 0 N–H and O–H groups in total. The summed E-state index contributed by atoms with van der Waals surface area (Å²) >= 11 is 24.8. The maximum atomic E-state index is 6.41. The largest absolute Gasteiger partial charge is 0.486 e. The molecule has 32 heavy (non-hydrogen) atoms. The van der Waals surface area contributed by atoms with Crippen LogP contribution in [0.4, 0.5) is 11.4 Å². The van der Waals surface area contributed by atoms with Gasteiger partial charge in [0, 0.05) is 25.0 Å². The van der Waals surface area contributed by atoms with E-state index < -0.39 is 0 Å². The van der Waals surface area contributed by atoms with Crippen LogP contribution in [0.25, 0.3) is 0 Å². The van der Waals surface area contributed by atoms with Crippen molar-refractivity contribution in [3.8, 4) is 5.75 Å². The molecule has 0 radical (unpaired) electrons. The van der Waals surface area contributed by atoms with Gasteiger partial charge in [0.15, 0.2) is 5.75 Å². The number of rotatable bonds is 6. The van der Waals surface area contributed by atoms with E-state index in [1.807, 2.05) is 18.2 Å². The van der Waals surface area contributed by atoms with Crippen LogP contribution in [0.5, 0.6) is 5.75 Å². The summed E-state index contributed by atoms with van der Waals surface area (Å²) in [4.78, 5) is 6.83. The van der Waals surface area contributed by atoms with Gasteiger partial charge in [0.1, 0.15) is 6.61 Å². The number of benzene rings is 3. The van der Waals surface area contributed by atoms with Crippen molar-refractivity contribution in [2.24, 2.45) is 4.99 Å². The summed E-state index contributed by atoms with van der Waals surface area (Å²) in [5.41, 5.74) is 3.65. The van der Waals surface area contributed by atoms with Crippen molar-refractivity contribution >= 4 is 64.0 Å². The highest BCUT2D eigenvalue weighted by Gasteiger charge is 2.12. The third-order valence-electron chi connectivity index (χ3n) is 4.98. The molecule has 0 bridgehead atoms. The van der Waals surface area contributed by atoms with Crippen molar-refractivity contribution < 1.29 is 9.47 Å². The fourth-order valence-electron chi connectivity index (χ4n) is 3.30. The Bertz CT molecular complexity index is 1090. The molecule has 1 fully saturated rings. The van der Waals surface area contributed by atoms with E-state index in [9.17, 15) is 0 Å². The zero-order valence-electron chi connectivity index (χ0n) is 17.0. The molecule has 0 aliphatic carbocycles. The molecule has 166 valence electrons. The summed E-state index contributed by atoms with van der Waals surface area (Å²) in [6.07, 6.45) is 1.73. The Balaban J connectivity index is 1.42. The summed E-state index contributed by atoms with van der Waals surface area (Å²) in [5, 5.41) is 1.77. The van der Waals surface area contributed by atoms with Gasteiger partial charge in [-0.05, 0) is 59.7 Å². The second-order valence-electron chi connectivity index (χ2n) is 7.22. The van der Waals surface area contributed by atoms with Crippen LogP contribution < -0.4 is 9.64 Å². The second-order valence-corrected chi connectivity index (χ2v) is 8.85. The number of hydrogen-bond acceptors (Lipinski definition) is 4. The molecule has 0 amide bonds. The Kier molecular flexibility index (Phi) is 7.82. The van der Waals surface area contributed by atoms with Crippen LogP contribution in [0, 0.1) is 0 Å². The monoisotopic (exact) mass is 508 g/mol. The predicted molar refractivity (Wildman–Crippen MR) is 134 cm³/mol. The number of hydrogen-bond donors (Lipinski definition) is 0. The van der Waals surface area contributed by atoms with Gasteiger partial charge in [0.25, 0.3) is 0 Å². The van der Waals surface area contributed by atoms with Crippen molar-refractivity contribution in [2.75, 3.05) is 31.2 Å². The molecule has 1 saturated heterocycles. The molecular weight excluding hydrogens is 490 g/mol. The summed E-state index contributed by atoms with van der Waals surface area (Å²) < 4.78 is 11.2. The summed E-state index contributed by atoms with van der Waals surface area (Å²) in [7, 11) is 0. The van der Waals surface area contributed by atoms with Crippen molar-refractivity contribution in [3.63, 3.8) is 0 Å². The fourth-order valence-corrected chi connectivity index (χ4v) is 4.23. The molecule has 1 aliphatic heterocycles. The maximum Gasteiger partial charge on any atom is 0.157 e. The van der Waals surface area contributed by atoms with Crippen LogP contribution >= 0.6 is 46.4 Å². The Morgan fingerprint density at radius 1 is 0.844 bits per heavy atom. The topological polar surface area (TPSA) is 34.1 Å². The fraction of sp³-hybridized carbons (Fsp3) is 0.208. The molecule has 3 aromatic carbocycles. The lowest BCUT2D eigenvalue weighted by Gasteiger charge is -2.28. The van der Waals surface area contributed by atoms with E-state index in [1.54, 1.807) is 30.5 Å². The minimum atomic E-state index is 0.263. The number of halogens is 4. The summed E-state index contributed by atoms with van der Waals surface area (Å²) in [6.45, 7) is 3.58. The number of anilines is 1. The number of nitrogens with zero attached hydrogens (tertiary/aromatic N) is 2. The predicted octanol–water partition coefficient (Wildman–Crippen LogP) is 7.47. The number of ether oxygens (including phenoxy) is 2. The first-order valence-corrected chi connectivity index (χ1v) is 11.5. The molecule has 0 aromatic heterocycles. The third kappa shape index (κ3) is 5.89. The van der Waals surface area contributed by atoms with E-state index in [0.29, 0.717) is 25.8 Å². The molecular formula is C24H20Cl4N2O2. The van der Waals surface area contributed by atoms with Crippen molar-refractivity contribution in [2.45, 2.75) is 6.61 Å². The van der Waals surface area contributed by atoms with Gasteiger partial charge in [-0.3, -0.25) is 4.99 Å². The summed E-state index contributed by atoms with van der Waals surface area (Å²) in [6, 6.07) is 16.9. The first-order valence-electron chi connectivity index (χ1n) is 10.0. The highest BCUT2D eigenvalue weighted by atomic mass is 35.5. The molecule has 1 aliphatic rings. The minimum absolute atomic E-state index is 0.263. The van der Waals surface area contributed by atoms with Gasteiger partial charge in [0.2, 0.25) is 0 Å². The highest BCUT2D eigenvalue weighted by molar-refractivity contribution is 6.42. The molecule has 0 saturated carbocycles. The van der Waals surface area contributed by atoms with E-state index in [2.05, 4.69) is 22.0 Å². The molecule has 0 atom stereocenters. The lowest BCUT2D eigenvalue weighted by Crippen LogP contribution is -2.36. The average Bonchev–Trinajstić information content (AvgIpc) is 2.80. The lowest BCUT2D eigenvalue weighted by molar-refractivity contribution is 0.122. The van der Waals surface area contributed by atoms with Crippen molar-refractivity contribution in [3.05, 3.63) is 85.8 Å². The Hall–Kier alpha value is -1.95. The van der Waals surface area contributed by atoms with Crippen LogP contribution in [0.3, 0.4) is 0 Å². The molecule has 1 heterocycles. The maximum absolute atomic E-state index is 6.41. The van der Waals surface area contributed by atoms with Gasteiger partial charge in [-0.25, -0.2) is 0 Å². The zero-order chi connectivity index (χ0) is 22.5. The molecule has 4 nitrogen and oxygen atoms in total. The zero-order valence-corrected chi connectivity index (χ0v) is 20.1. The van der Waals surface area contributed by atoms with Crippen LogP contribution in [0.2, 0.25) is 20.1 Å². The standard InChI is InChI=1S/C24H20Cl4N2O2/c25-20-6-1-16(11-21(20)26)15-32-24-22(27)12-17(13-23(24)28)14-29-18-2-4-19(5-3-18)30-7-9-31-10-8-30/h1-6,11-14H,7-10,15H2. The molecule has 0 spiro atoms. The Labute approximate surface area is 207 Å². The molecule has 0 unspecified atom stereocenters. The molecule has 4 rings (SSSR count). The average molecular weight is 510 g/mol. The van der Waals surface area contributed by atoms with Crippen molar-refractivity contribution in [1.82, 2.24) is 0 Å². The summed E-state index contributed by atoms with van der Waals surface area (Å²) in [5.74, 6) is 0.409. The minimum Gasteiger partial charge on any atom is -0.486 e. The van der Waals surface area contributed by atoms with Crippen LogP contribution in [0.1, 0.15) is 11.1 Å². The SMILES string of the molecule is Clc1ccc(COc2c(Cl)cc(C=Nc3ccc(N4CCOCC4)cc3)cc2Cl)cc1Cl. The van der Waals surface area contributed by atoms with Gasteiger partial charge in [0.05, 0.1) is 39.0 Å². The Morgan fingerprint density at radius 3 is 2.19 bits per heavy atom. The van der Waals surface area contributed by atoms with Crippen LogP contribution in [-0.2, 0) is 11.3 Å². The second kappa shape index (κ2) is 10.8. The molecule has 8 heteroatoms. The number of aliphatic imine (C=N–C) groups is 1. The van der Waals surface area contributed by atoms with E-state index in [1.165, 1.54) is 5.69 Å². The normalized spacial score (nSPS) is 14.2. The highest BCUT2D eigenvalue weighted by Crippen LogP contribution is 2.35. The van der Waals surface area contributed by atoms with Gasteiger partial charge < -0.3 is 14.4 Å². The first kappa shape index (κ1) is 23.2. The van der Waals surface area contributed by atoms with Gasteiger partial charge in [-0.2, -0.15) is 0 Å². The van der Waals surface area contributed by atoms with E-state index in [4.69, 9.17) is 55.9 Å². The van der Waals surface area contributed by atoms with Gasteiger partial charge >= 0.3 is 0 Å². The first-order chi connectivity index (χ1) is 15.5. The van der Waals surface area contributed by atoms with E-state index in [0.717, 1.165) is 43.1 Å². The van der Waals surface area contributed by atoms with E-state index >= 15 is 0 Å². The quantitative estimate of drug-likeness (QED) is 0.323.